The first-order valence-corrected chi connectivity index (χ1v) is 5.98. The monoisotopic (exact) mass is 205 g/mol. The van der Waals surface area contributed by atoms with Gasteiger partial charge in [-0.25, -0.2) is 0 Å². The van der Waals surface area contributed by atoms with E-state index in [2.05, 4.69) is 39.0 Å². The molecule has 0 saturated carbocycles. The normalized spacial score (nSPS) is 12.8. The van der Waals surface area contributed by atoms with E-state index in [0.29, 0.717) is 6.04 Å². The van der Waals surface area contributed by atoms with Crippen LogP contribution in [0.3, 0.4) is 0 Å². The summed E-state index contributed by atoms with van der Waals surface area (Å²) in [7, 11) is 0. The van der Waals surface area contributed by atoms with Gasteiger partial charge in [-0.3, -0.25) is 0 Å². The second kappa shape index (κ2) is 5.92. The van der Waals surface area contributed by atoms with Crippen molar-refractivity contribution in [3.8, 4) is 0 Å². The third-order valence-electron chi connectivity index (χ3n) is 2.97. The van der Waals surface area contributed by atoms with Crippen LogP contribution < -0.4 is 5.73 Å². The summed E-state index contributed by atoms with van der Waals surface area (Å²) in [4.78, 5) is 0. The number of nitrogens with two attached hydrogens (primary N) is 1. The Morgan fingerprint density at radius 1 is 1.33 bits per heavy atom. The first kappa shape index (κ1) is 12.3. The second-order valence-corrected chi connectivity index (χ2v) is 4.44. The first-order valence-electron chi connectivity index (χ1n) is 5.98. The van der Waals surface area contributed by atoms with Crippen LogP contribution in [-0.2, 0) is 12.8 Å². The Balaban J connectivity index is 2.64. The van der Waals surface area contributed by atoms with Gasteiger partial charge >= 0.3 is 0 Å². The molecule has 0 radical (unpaired) electrons. The number of benzene rings is 1. The predicted octanol–water partition coefficient (Wildman–Crippen LogP) is 3.23. The summed E-state index contributed by atoms with van der Waals surface area (Å²) < 4.78 is 0. The zero-order chi connectivity index (χ0) is 11.3. The van der Waals surface area contributed by atoms with Crippen molar-refractivity contribution in [3.63, 3.8) is 0 Å². The number of aryl methyl sites for hydroxylation is 2. The van der Waals surface area contributed by atoms with Crippen molar-refractivity contribution in [3.05, 3.63) is 34.9 Å². The van der Waals surface area contributed by atoms with Gasteiger partial charge < -0.3 is 5.73 Å². The predicted molar refractivity (Wildman–Crippen MR) is 67.1 cm³/mol. The minimum atomic E-state index is 0.333. The van der Waals surface area contributed by atoms with Crippen molar-refractivity contribution in [1.29, 1.82) is 0 Å². The minimum Gasteiger partial charge on any atom is -0.328 e. The SMILES string of the molecule is CCc1c(C)cccc1CCCC(C)N. The number of hydrogen-bond donors (Lipinski definition) is 1. The van der Waals surface area contributed by atoms with Gasteiger partial charge in [-0.1, -0.05) is 25.1 Å². The van der Waals surface area contributed by atoms with Crippen molar-refractivity contribution >= 4 is 0 Å². The molecule has 0 spiro atoms. The van der Waals surface area contributed by atoms with Gasteiger partial charge in [0.1, 0.15) is 0 Å². The van der Waals surface area contributed by atoms with Crippen molar-refractivity contribution in [1.82, 2.24) is 0 Å². The molecule has 0 bridgehead atoms. The third-order valence-corrected chi connectivity index (χ3v) is 2.97. The lowest BCUT2D eigenvalue weighted by Crippen LogP contribution is -2.14. The highest BCUT2D eigenvalue weighted by Gasteiger charge is 2.03. The second-order valence-electron chi connectivity index (χ2n) is 4.44. The summed E-state index contributed by atoms with van der Waals surface area (Å²) in [6.45, 7) is 6.52. The molecule has 0 amide bonds. The minimum absolute atomic E-state index is 0.333. The molecule has 0 aliphatic rings. The van der Waals surface area contributed by atoms with Crippen molar-refractivity contribution < 1.29 is 0 Å². The first-order chi connectivity index (χ1) is 7.15. The fourth-order valence-corrected chi connectivity index (χ4v) is 2.12. The smallest absolute Gasteiger partial charge is 0.00105 e. The summed E-state index contributed by atoms with van der Waals surface area (Å²) in [6.07, 6.45) is 4.64. The van der Waals surface area contributed by atoms with Crippen molar-refractivity contribution in [2.75, 3.05) is 0 Å². The Morgan fingerprint density at radius 2 is 2.07 bits per heavy atom. The molecule has 1 rings (SSSR count). The van der Waals surface area contributed by atoms with Crippen LogP contribution in [0.25, 0.3) is 0 Å². The van der Waals surface area contributed by atoms with E-state index >= 15 is 0 Å². The molecule has 84 valence electrons. The third kappa shape index (κ3) is 3.67. The summed E-state index contributed by atoms with van der Waals surface area (Å²) in [5.41, 5.74) is 10.2. The zero-order valence-electron chi connectivity index (χ0n) is 10.2. The summed E-state index contributed by atoms with van der Waals surface area (Å²) in [6, 6.07) is 6.95. The molecule has 15 heavy (non-hydrogen) atoms. The molecule has 1 aromatic carbocycles. The van der Waals surface area contributed by atoms with Crippen LogP contribution in [-0.4, -0.2) is 6.04 Å². The molecule has 1 heteroatoms. The summed E-state index contributed by atoms with van der Waals surface area (Å²) >= 11 is 0. The molecule has 0 heterocycles. The standard InChI is InChI=1S/C14H23N/c1-4-14-11(2)7-5-9-13(14)10-6-8-12(3)15/h5,7,9,12H,4,6,8,10,15H2,1-3H3. The Hall–Kier alpha value is -0.820. The molecule has 0 aliphatic heterocycles. The number of hydrogen-bond acceptors (Lipinski definition) is 1. The van der Waals surface area contributed by atoms with Crippen LogP contribution in [0.5, 0.6) is 0 Å². The zero-order valence-corrected chi connectivity index (χ0v) is 10.2. The average Bonchev–Trinajstić information content (AvgIpc) is 2.17. The molecule has 2 N–H and O–H groups in total. The molecule has 1 nitrogen and oxygen atoms in total. The van der Waals surface area contributed by atoms with Gasteiger partial charge in [0, 0.05) is 6.04 Å². The highest BCUT2D eigenvalue weighted by molar-refractivity contribution is 5.34. The van der Waals surface area contributed by atoms with E-state index in [-0.39, 0.29) is 0 Å². The fraction of sp³-hybridized carbons (Fsp3) is 0.571. The number of rotatable bonds is 5. The quantitative estimate of drug-likeness (QED) is 0.784. The fourth-order valence-electron chi connectivity index (χ4n) is 2.12. The van der Waals surface area contributed by atoms with Gasteiger partial charge in [-0.15, -0.1) is 0 Å². The van der Waals surface area contributed by atoms with E-state index in [9.17, 15) is 0 Å². The summed E-state index contributed by atoms with van der Waals surface area (Å²) in [5, 5.41) is 0. The lowest BCUT2D eigenvalue weighted by molar-refractivity contribution is 0.622. The molecule has 0 saturated heterocycles. The maximum Gasteiger partial charge on any atom is 0.00105 e. The van der Waals surface area contributed by atoms with Gasteiger partial charge in [0.25, 0.3) is 0 Å². The van der Waals surface area contributed by atoms with Gasteiger partial charge in [0.15, 0.2) is 0 Å². The van der Waals surface area contributed by atoms with Crippen LogP contribution in [0.2, 0.25) is 0 Å². The van der Waals surface area contributed by atoms with E-state index in [4.69, 9.17) is 5.73 Å². The molecular weight excluding hydrogens is 182 g/mol. The molecule has 0 aliphatic carbocycles. The van der Waals surface area contributed by atoms with Crippen LogP contribution in [0.4, 0.5) is 0 Å². The lowest BCUT2D eigenvalue weighted by atomic mass is 9.95. The van der Waals surface area contributed by atoms with Gasteiger partial charge in [0.05, 0.1) is 0 Å². The van der Waals surface area contributed by atoms with Gasteiger partial charge in [-0.2, -0.15) is 0 Å². The molecular formula is C14H23N. The highest BCUT2D eigenvalue weighted by Crippen LogP contribution is 2.17. The van der Waals surface area contributed by atoms with Gasteiger partial charge in [-0.05, 0) is 56.2 Å². The maximum absolute atomic E-state index is 5.76. The Kier molecular flexibility index (Phi) is 4.83. The van der Waals surface area contributed by atoms with Crippen LogP contribution in [0.15, 0.2) is 18.2 Å². The van der Waals surface area contributed by atoms with Crippen molar-refractivity contribution in [2.45, 2.75) is 52.5 Å². The van der Waals surface area contributed by atoms with E-state index < -0.39 is 0 Å². The van der Waals surface area contributed by atoms with Gasteiger partial charge in [0.2, 0.25) is 0 Å². The largest absolute Gasteiger partial charge is 0.328 e. The Morgan fingerprint density at radius 3 is 2.67 bits per heavy atom. The van der Waals surface area contributed by atoms with Crippen molar-refractivity contribution in [2.24, 2.45) is 5.73 Å². The van der Waals surface area contributed by atoms with Crippen LogP contribution in [0.1, 0.15) is 43.4 Å². The Labute approximate surface area is 93.7 Å². The topological polar surface area (TPSA) is 26.0 Å². The molecule has 1 aromatic rings. The van der Waals surface area contributed by atoms with E-state index in [1.807, 2.05) is 0 Å². The average molecular weight is 205 g/mol. The maximum atomic E-state index is 5.76. The molecule has 1 unspecified atom stereocenters. The van der Waals surface area contributed by atoms with Crippen LogP contribution in [0, 0.1) is 6.92 Å². The molecule has 0 fully saturated rings. The Bertz CT molecular complexity index is 302. The van der Waals surface area contributed by atoms with E-state index in [1.54, 1.807) is 0 Å². The van der Waals surface area contributed by atoms with E-state index in [0.717, 1.165) is 12.8 Å². The summed E-state index contributed by atoms with van der Waals surface area (Å²) in [5.74, 6) is 0. The van der Waals surface area contributed by atoms with E-state index in [1.165, 1.54) is 29.5 Å². The molecule has 0 aromatic heterocycles. The molecule has 1 atom stereocenters. The van der Waals surface area contributed by atoms with Crippen LogP contribution >= 0.6 is 0 Å². The lowest BCUT2D eigenvalue weighted by Gasteiger charge is -2.11. The highest BCUT2D eigenvalue weighted by atomic mass is 14.6.